The molecule has 0 radical (unpaired) electrons. The molecule has 1 atom stereocenters. The minimum atomic E-state index is -4.56. The first-order valence-electron chi connectivity index (χ1n) is 5.36. The average Bonchev–Trinajstić information content (AvgIpc) is 2.76. The molecule has 90 valence electrons. The van der Waals surface area contributed by atoms with Crippen molar-refractivity contribution in [2.24, 2.45) is 0 Å². The van der Waals surface area contributed by atoms with Gasteiger partial charge in [0, 0.05) is 25.6 Å². The van der Waals surface area contributed by atoms with Crippen LogP contribution >= 0.6 is 11.3 Å². The Balaban J connectivity index is 2.12. The standard InChI is InChI=1S/C11H9F3N2S/c12-11(13,14)6-10-16-9(7-17-10)5-8-1-3-15-4-2-8/h1-4,7H,5-6H2/i6D. The number of aromatic nitrogens is 2. The lowest BCUT2D eigenvalue weighted by Crippen LogP contribution is -2.11. The molecule has 0 amide bonds. The van der Waals surface area contributed by atoms with Crippen LogP contribution in [0.1, 0.15) is 17.6 Å². The summed E-state index contributed by atoms with van der Waals surface area (Å²) in [6.45, 7) is 0. The van der Waals surface area contributed by atoms with Crippen LogP contribution in [0.2, 0.25) is 0 Å². The molecule has 0 saturated carbocycles. The molecule has 1 unspecified atom stereocenters. The zero-order valence-electron chi connectivity index (χ0n) is 9.61. The summed E-state index contributed by atoms with van der Waals surface area (Å²) in [5, 5.41) is 1.34. The average molecular weight is 259 g/mol. The topological polar surface area (TPSA) is 25.8 Å². The summed E-state index contributed by atoms with van der Waals surface area (Å²) in [5.74, 6) is 0. The first-order valence-corrected chi connectivity index (χ1v) is 5.67. The molecule has 2 aromatic heterocycles. The molecule has 0 aliphatic heterocycles. The molecule has 2 heterocycles. The van der Waals surface area contributed by atoms with E-state index in [1.807, 2.05) is 0 Å². The lowest BCUT2D eigenvalue weighted by Gasteiger charge is -2.01. The maximum atomic E-state index is 12.3. The Labute approximate surface area is 102 Å². The normalized spacial score (nSPS) is 14.4. The van der Waals surface area contributed by atoms with Crippen molar-refractivity contribution < 1.29 is 14.5 Å². The molecular formula is C11H9F3N2S. The summed E-state index contributed by atoms with van der Waals surface area (Å²) in [5.41, 5.74) is 1.47. The Morgan fingerprint density at radius 1 is 1.29 bits per heavy atom. The molecule has 0 aliphatic carbocycles. The summed E-state index contributed by atoms with van der Waals surface area (Å²) < 4.78 is 44.1. The van der Waals surface area contributed by atoms with Gasteiger partial charge in [0.1, 0.15) is 5.01 Å². The molecule has 2 rings (SSSR count). The van der Waals surface area contributed by atoms with E-state index >= 15 is 0 Å². The fourth-order valence-corrected chi connectivity index (χ4v) is 2.08. The van der Waals surface area contributed by atoms with Crippen LogP contribution in [0.5, 0.6) is 0 Å². The van der Waals surface area contributed by atoms with Gasteiger partial charge in [0.25, 0.3) is 0 Å². The van der Waals surface area contributed by atoms with Gasteiger partial charge in [-0.25, -0.2) is 4.98 Å². The Bertz CT molecular complexity index is 513. The number of nitrogens with zero attached hydrogens (tertiary/aromatic N) is 2. The number of pyridine rings is 1. The highest BCUT2D eigenvalue weighted by Gasteiger charge is 2.29. The second kappa shape index (κ2) is 4.83. The monoisotopic (exact) mass is 259 g/mol. The molecule has 0 saturated heterocycles. The van der Waals surface area contributed by atoms with Crippen molar-refractivity contribution in [2.45, 2.75) is 19.0 Å². The summed E-state index contributed by atoms with van der Waals surface area (Å²) in [7, 11) is 0. The predicted molar refractivity (Wildman–Crippen MR) is 58.9 cm³/mol. The van der Waals surface area contributed by atoms with Crippen molar-refractivity contribution in [3.8, 4) is 0 Å². The van der Waals surface area contributed by atoms with Crippen LogP contribution in [0.25, 0.3) is 0 Å². The van der Waals surface area contributed by atoms with E-state index in [0.717, 1.165) is 16.9 Å². The number of hydrogen-bond acceptors (Lipinski definition) is 3. The lowest BCUT2D eigenvalue weighted by atomic mass is 10.2. The molecule has 6 heteroatoms. The van der Waals surface area contributed by atoms with Gasteiger partial charge < -0.3 is 0 Å². The lowest BCUT2D eigenvalue weighted by molar-refractivity contribution is -0.127. The van der Waals surface area contributed by atoms with Crippen LogP contribution in [0.4, 0.5) is 13.2 Å². The zero-order valence-corrected chi connectivity index (χ0v) is 9.42. The van der Waals surface area contributed by atoms with Crippen molar-refractivity contribution in [3.63, 3.8) is 0 Å². The summed E-state index contributed by atoms with van der Waals surface area (Å²) >= 11 is 0.870. The van der Waals surface area contributed by atoms with Crippen LogP contribution in [-0.2, 0) is 12.8 Å². The number of rotatable bonds is 3. The van der Waals surface area contributed by atoms with Crippen molar-refractivity contribution in [2.75, 3.05) is 0 Å². The van der Waals surface area contributed by atoms with Crippen LogP contribution in [0.15, 0.2) is 29.9 Å². The highest BCUT2D eigenvalue weighted by atomic mass is 32.1. The zero-order chi connectivity index (χ0) is 13.2. The minimum Gasteiger partial charge on any atom is -0.265 e. The highest BCUT2D eigenvalue weighted by Crippen LogP contribution is 2.24. The van der Waals surface area contributed by atoms with E-state index < -0.39 is 12.6 Å². The summed E-state index contributed by atoms with van der Waals surface area (Å²) in [6.07, 6.45) is -3.14. The van der Waals surface area contributed by atoms with Gasteiger partial charge in [-0.15, -0.1) is 11.3 Å². The van der Waals surface area contributed by atoms with Crippen molar-refractivity contribution in [1.82, 2.24) is 9.97 Å². The van der Waals surface area contributed by atoms with Gasteiger partial charge in [0.2, 0.25) is 0 Å². The molecule has 17 heavy (non-hydrogen) atoms. The van der Waals surface area contributed by atoms with Gasteiger partial charge in [-0.2, -0.15) is 13.2 Å². The third kappa shape index (κ3) is 3.81. The maximum absolute atomic E-state index is 12.3. The molecule has 2 nitrogen and oxygen atoms in total. The van der Waals surface area contributed by atoms with Crippen molar-refractivity contribution in [1.29, 1.82) is 0 Å². The number of hydrogen-bond donors (Lipinski definition) is 0. The molecule has 2 aromatic rings. The van der Waals surface area contributed by atoms with Crippen LogP contribution < -0.4 is 0 Å². The van der Waals surface area contributed by atoms with E-state index in [-0.39, 0.29) is 5.01 Å². The third-order valence-electron chi connectivity index (χ3n) is 1.99. The van der Waals surface area contributed by atoms with E-state index in [1.54, 1.807) is 29.9 Å². The largest absolute Gasteiger partial charge is 0.395 e. The van der Waals surface area contributed by atoms with E-state index in [1.165, 1.54) is 0 Å². The maximum Gasteiger partial charge on any atom is 0.395 e. The first-order chi connectivity index (χ1) is 8.47. The van der Waals surface area contributed by atoms with Crippen LogP contribution in [0, 0.1) is 0 Å². The predicted octanol–water partition coefficient (Wildman–Crippen LogP) is 3.23. The Morgan fingerprint density at radius 2 is 2.00 bits per heavy atom. The fraction of sp³-hybridized carbons (Fsp3) is 0.273. The molecular weight excluding hydrogens is 249 g/mol. The van der Waals surface area contributed by atoms with E-state index in [0.29, 0.717) is 12.1 Å². The molecule has 0 spiro atoms. The Hall–Kier alpha value is -1.43. The van der Waals surface area contributed by atoms with Gasteiger partial charge in [-0.3, -0.25) is 4.98 Å². The van der Waals surface area contributed by atoms with Gasteiger partial charge in [0.05, 0.1) is 12.1 Å². The quantitative estimate of drug-likeness (QED) is 0.845. The number of alkyl halides is 3. The van der Waals surface area contributed by atoms with Gasteiger partial charge in [0.15, 0.2) is 0 Å². The molecule has 0 N–H and O–H groups in total. The van der Waals surface area contributed by atoms with Crippen LogP contribution in [0.3, 0.4) is 0 Å². The van der Waals surface area contributed by atoms with E-state index in [4.69, 9.17) is 1.37 Å². The Morgan fingerprint density at radius 3 is 2.65 bits per heavy atom. The third-order valence-corrected chi connectivity index (χ3v) is 2.83. The van der Waals surface area contributed by atoms with Gasteiger partial charge in [-0.1, -0.05) is 0 Å². The molecule has 0 aliphatic rings. The minimum absolute atomic E-state index is 0.216. The van der Waals surface area contributed by atoms with Crippen LogP contribution in [-0.4, -0.2) is 16.1 Å². The summed E-state index contributed by atoms with van der Waals surface area (Å²) in [6, 6.07) is 3.56. The highest BCUT2D eigenvalue weighted by molar-refractivity contribution is 7.09. The first kappa shape index (κ1) is 10.7. The molecule has 0 fully saturated rings. The van der Waals surface area contributed by atoms with Gasteiger partial charge >= 0.3 is 6.18 Å². The summed E-state index contributed by atoms with van der Waals surface area (Å²) in [4.78, 5) is 7.72. The second-order valence-corrected chi connectivity index (χ2v) is 4.28. The molecule has 0 aromatic carbocycles. The van der Waals surface area contributed by atoms with Gasteiger partial charge in [-0.05, 0) is 17.7 Å². The Kier molecular flexibility index (Phi) is 3.04. The number of halogens is 3. The second-order valence-electron chi connectivity index (χ2n) is 3.40. The van der Waals surface area contributed by atoms with E-state index in [9.17, 15) is 13.2 Å². The molecule has 0 bridgehead atoms. The number of thiazole rings is 1. The fourth-order valence-electron chi connectivity index (χ4n) is 1.32. The SMILES string of the molecule is [2H]C(c1nc(Cc2ccncc2)cs1)C(F)(F)F. The van der Waals surface area contributed by atoms with Crippen molar-refractivity contribution in [3.05, 3.63) is 46.2 Å². The smallest absolute Gasteiger partial charge is 0.265 e. The van der Waals surface area contributed by atoms with Crippen molar-refractivity contribution >= 4 is 11.3 Å². The van der Waals surface area contributed by atoms with E-state index in [2.05, 4.69) is 9.97 Å².